The van der Waals surface area contributed by atoms with Crippen molar-refractivity contribution < 1.29 is 23.9 Å². The Morgan fingerprint density at radius 2 is 1.78 bits per heavy atom. The third-order valence-corrected chi connectivity index (χ3v) is 10.6. The summed E-state index contributed by atoms with van der Waals surface area (Å²) in [5.74, 6) is -2.79. The number of carbonyl (C=O) groups is 4. The van der Waals surface area contributed by atoms with Crippen LogP contribution in [0.25, 0.3) is 22.3 Å². The minimum absolute atomic E-state index is 0.137. The number of benzene rings is 2. The molecule has 2 atom stereocenters. The number of aromatic nitrogens is 4. The van der Waals surface area contributed by atoms with Crippen LogP contribution in [0, 0.1) is 24.7 Å². The molecule has 12 nitrogen and oxygen atoms in total. The molecular weight excluding hydrogens is 622 g/mol. The minimum Gasteiger partial charge on any atom is -0.385 e. The highest BCUT2D eigenvalue weighted by atomic mass is 16.5. The van der Waals surface area contributed by atoms with E-state index in [4.69, 9.17) is 19.8 Å². The number of Topliss-reactive ketones (excluding diaryl/α,β-unsaturated/α-hetero) is 2. The lowest BCUT2D eigenvalue weighted by Gasteiger charge is -2.35. The quantitative estimate of drug-likeness (QED) is 0.149. The Morgan fingerprint density at radius 1 is 0.959 bits per heavy atom. The van der Waals surface area contributed by atoms with E-state index in [1.807, 2.05) is 25.3 Å². The van der Waals surface area contributed by atoms with Gasteiger partial charge in [-0.25, -0.2) is 4.98 Å². The molecule has 0 bridgehead atoms. The van der Waals surface area contributed by atoms with Crippen molar-refractivity contribution in [1.29, 1.82) is 0 Å². The number of nitrogens with zero attached hydrogens (tertiary/aromatic N) is 5. The number of morpholine rings is 1. The van der Waals surface area contributed by atoms with Crippen molar-refractivity contribution in [2.75, 3.05) is 43.1 Å². The Balaban J connectivity index is 0.834. The van der Waals surface area contributed by atoms with Gasteiger partial charge in [0.15, 0.2) is 11.6 Å². The standard InChI is InChI=1S/C37H39N7O5/c1-21-29(32-19-39-30-8-5-24(18-31(30)40-32)43-11-13-49-14-12-43)20-44(42-21)25-15-22(16-25)3-2-10-38-23-4-6-26-28(17-23)36(47)34(35(26)46)27-7-9-33(45)41-37(27)48/h4-6,8,17-20,22,25,27,34,38H,2-3,7,9-16H2,1H3,(H,41,45,48). The molecule has 2 aliphatic carbocycles. The van der Waals surface area contributed by atoms with E-state index in [1.54, 1.807) is 12.1 Å². The molecule has 2 aromatic heterocycles. The molecule has 0 spiro atoms. The second-order valence-corrected chi connectivity index (χ2v) is 13.7. The van der Waals surface area contributed by atoms with Crippen LogP contribution in [0.1, 0.15) is 71.0 Å². The van der Waals surface area contributed by atoms with Gasteiger partial charge in [-0.3, -0.25) is 34.2 Å². The molecule has 4 aromatic rings. The van der Waals surface area contributed by atoms with E-state index in [-0.39, 0.29) is 30.3 Å². The summed E-state index contributed by atoms with van der Waals surface area (Å²) in [4.78, 5) is 62.1. The summed E-state index contributed by atoms with van der Waals surface area (Å²) >= 11 is 0. The van der Waals surface area contributed by atoms with E-state index >= 15 is 0 Å². The first-order valence-corrected chi connectivity index (χ1v) is 17.3. The molecule has 2 amide bonds. The van der Waals surface area contributed by atoms with Gasteiger partial charge in [0.25, 0.3) is 0 Å². The topological polar surface area (TPSA) is 148 Å². The number of piperidine rings is 1. The van der Waals surface area contributed by atoms with E-state index < -0.39 is 17.7 Å². The molecule has 3 fully saturated rings. The van der Waals surface area contributed by atoms with E-state index in [1.165, 1.54) is 0 Å². The number of rotatable bonds is 9. The lowest BCUT2D eigenvalue weighted by atomic mass is 9.77. The molecule has 1 saturated carbocycles. The maximum Gasteiger partial charge on any atom is 0.230 e. The summed E-state index contributed by atoms with van der Waals surface area (Å²) < 4.78 is 7.60. The highest BCUT2D eigenvalue weighted by Crippen LogP contribution is 2.41. The van der Waals surface area contributed by atoms with Crippen molar-refractivity contribution >= 4 is 45.8 Å². The molecule has 0 radical (unpaired) electrons. The normalized spacial score (nSPS) is 23.8. The van der Waals surface area contributed by atoms with E-state index in [0.29, 0.717) is 23.1 Å². The molecule has 2 unspecified atom stereocenters. The molecule has 2 N–H and O–H groups in total. The molecule has 8 rings (SSSR count). The van der Waals surface area contributed by atoms with Crippen LogP contribution in [0.2, 0.25) is 0 Å². The van der Waals surface area contributed by atoms with Crippen LogP contribution in [0.4, 0.5) is 11.4 Å². The average Bonchev–Trinajstić information content (AvgIpc) is 3.59. The number of fused-ring (bicyclic) bond motifs is 2. The smallest absolute Gasteiger partial charge is 0.230 e. The highest BCUT2D eigenvalue weighted by Gasteiger charge is 2.47. The fourth-order valence-electron chi connectivity index (χ4n) is 7.76. The molecule has 2 aliphatic heterocycles. The fraction of sp³-hybridized carbons (Fsp3) is 0.432. The number of imide groups is 1. The predicted molar refractivity (Wildman–Crippen MR) is 182 cm³/mol. The van der Waals surface area contributed by atoms with Crippen molar-refractivity contribution in [3.63, 3.8) is 0 Å². The van der Waals surface area contributed by atoms with E-state index in [9.17, 15) is 19.2 Å². The van der Waals surface area contributed by atoms with Crippen LogP contribution < -0.4 is 15.5 Å². The summed E-state index contributed by atoms with van der Waals surface area (Å²) in [6.45, 7) is 6.00. The Bertz CT molecular complexity index is 1980. The number of hydrogen-bond acceptors (Lipinski definition) is 10. The van der Waals surface area contributed by atoms with Gasteiger partial charge >= 0.3 is 0 Å². The van der Waals surface area contributed by atoms with Crippen molar-refractivity contribution in [2.45, 2.75) is 51.5 Å². The van der Waals surface area contributed by atoms with Gasteiger partial charge in [-0.15, -0.1) is 0 Å². The third kappa shape index (κ3) is 5.98. The van der Waals surface area contributed by atoms with Gasteiger partial charge < -0.3 is 15.0 Å². The first-order chi connectivity index (χ1) is 23.8. The zero-order valence-corrected chi connectivity index (χ0v) is 27.5. The molecular formula is C37H39N7O5. The van der Waals surface area contributed by atoms with Crippen LogP contribution >= 0.6 is 0 Å². The lowest BCUT2D eigenvalue weighted by molar-refractivity contribution is -0.137. The first-order valence-electron chi connectivity index (χ1n) is 17.3. The van der Waals surface area contributed by atoms with Crippen molar-refractivity contribution in [3.8, 4) is 11.3 Å². The van der Waals surface area contributed by atoms with E-state index in [2.05, 4.69) is 38.5 Å². The number of hydrogen-bond donors (Lipinski definition) is 2. The number of ketones is 2. The number of anilines is 2. The number of nitrogens with one attached hydrogen (secondary N) is 2. The summed E-state index contributed by atoms with van der Waals surface area (Å²) in [6, 6.07) is 11.8. The second kappa shape index (κ2) is 12.8. The van der Waals surface area contributed by atoms with Gasteiger partial charge in [0.1, 0.15) is 0 Å². The Hall–Kier alpha value is -4.97. The third-order valence-electron chi connectivity index (χ3n) is 10.6. The van der Waals surface area contributed by atoms with Gasteiger partial charge in [0, 0.05) is 60.3 Å². The monoisotopic (exact) mass is 661 g/mol. The molecule has 2 saturated heterocycles. The maximum absolute atomic E-state index is 13.2. The van der Waals surface area contributed by atoms with Gasteiger partial charge in [-0.05, 0) is 81.3 Å². The zero-order chi connectivity index (χ0) is 33.6. The Kier molecular flexibility index (Phi) is 8.18. The zero-order valence-electron chi connectivity index (χ0n) is 27.5. The first kappa shape index (κ1) is 31.3. The highest BCUT2D eigenvalue weighted by molar-refractivity contribution is 6.28. The van der Waals surface area contributed by atoms with Gasteiger partial charge in [0.2, 0.25) is 11.8 Å². The second-order valence-electron chi connectivity index (χ2n) is 13.7. The van der Waals surface area contributed by atoms with Crippen LogP contribution in [0.3, 0.4) is 0 Å². The maximum atomic E-state index is 13.2. The van der Waals surface area contributed by atoms with Gasteiger partial charge in [0.05, 0.1) is 59.7 Å². The SMILES string of the molecule is Cc1nn(C2CC(CCCNc3ccc4c(c3)C(=O)C(C3CCC(=O)NC3=O)C4=O)C2)cc1-c1cnc2ccc(N3CCOCC3)cc2n1. The minimum atomic E-state index is -1.05. The summed E-state index contributed by atoms with van der Waals surface area (Å²) in [5, 5.41) is 10.5. The molecule has 4 aliphatic rings. The fourth-order valence-corrected chi connectivity index (χ4v) is 7.76. The van der Waals surface area contributed by atoms with Crippen molar-refractivity contribution in [3.05, 3.63) is 65.6 Å². The van der Waals surface area contributed by atoms with Gasteiger partial charge in [-0.1, -0.05) is 0 Å². The van der Waals surface area contributed by atoms with Crippen molar-refractivity contribution in [1.82, 2.24) is 25.1 Å². The predicted octanol–water partition coefficient (Wildman–Crippen LogP) is 4.53. The Labute approximate surface area is 283 Å². The van der Waals surface area contributed by atoms with Gasteiger partial charge in [-0.2, -0.15) is 5.10 Å². The lowest BCUT2D eigenvalue weighted by Crippen LogP contribution is -2.46. The molecule has 4 heterocycles. The molecule has 2 aromatic carbocycles. The Morgan fingerprint density at radius 3 is 2.59 bits per heavy atom. The number of aryl methyl sites for hydroxylation is 1. The number of amides is 2. The number of carbonyl (C=O) groups excluding carboxylic acids is 4. The number of ether oxygens (including phenoxy) is 1. The average molecular weight is 662 g/mol. The summed E-state index contributed by atoms with van der Waals surface area (Å²) in [5.41, 5.74) is 7.18. The largest absolute Gasteiger partial charge is 0.385 e. The van der Waals surface area contributed by atoms with Crippen LogP contribution in [-0.2, 0) is 14.3 Å². The van der Waals surface area contributed by atoms with Crippen LogP contribution in [0.15, 0.2) is 48.8 Å². The molecule has 49 heavy (non-hydrogen) atoms. The van der Waals surface area contributed by atoms with Crippen LogP contribution in [-0.4, -0.2) is 76.0 Å². The van der Waals surface area contributed by atoms with Crippen molar-refractivity contribution in [2.24, 2.45) is 17.8 Å². The molecule has 12 heteroatoms. The van der Waals surface area contributed by atoms with E-state index in [0.717, 1.165) is 97.9 Å². The van der Waals surface area contributed by atoms with Crippen LogP contribution in [0.5, 0.6) is 0 Å². The molecule has 252 valence electrons. The summed E-state index contributed by atoms with van der Waals surface area (Å²) in [6.07, 6.45) is 8.51. The summed E-state index contributed by atoms with van der Waals surface area (Å²) in [7, 11) is 0.